The number of pyridine rings is 1. The summed E-state index contributed by atoms with van der Waals surface area (Å²) in [5.74, 6) is 0.222. The number of piperidine rings is 1. The zero-order chi connectivity index (χ0) is 16.4. The molecule has 0 amide bonds. The molecule has 1 aromatic heterocycles. The maximum atomic E-state index is 14.4. The molecule has 0 saturated carbocycles. The molecule has 122 valence electrons. The van der Waals surface area contributed by atoms with Crippen LogP contribution in [0.25, 0.3) is 0 Å². The molecule has 3 rings (SSSR count). The first-order valence-electron chi connectivity index (χ1n) is 8.17. The van der Waals surface area contributed by atoms with E-state index in [1.165, 1.54) is 5.56 Å². The highest BCUT2D eigenvalue weighted by molar-refractivity contribution is 5.51. The normalized spacial score (nSPS) is 15.9. The molecule has 0 bridgehead atoms. The third kappa shape index (κ3) is 3.37. The van der Waals surface area contributed by atoms with Gasteiger partial charge in [0.25, 0.3) is 0 Å². The lowest BCUT2D eigenvalue weighted by Crippen LogP contribution is -2.33. The summed E-state index contributed by atoms with van der Waals surface area (Å²) in [6, 6.07) is 9.58. The fraction of sp³-hybridized carbons (Fsp3) is 0.421. The van der Waals surface area contributed by atoms with Crippen LogP contribution in [0.2, 0.25) is 0 Å². The number of halogens is 1. The van der Waals surface area contributed by atoms with Crippen molar-refractivity contribution in [1.82, 2.24) is 4.98 Å². The number of rotatable bonds is 3. The molecule has 0 spiro atoms. The second kappa shape index (κ2) is 6.67. The van der Waals surface area contributed by atoms with E-state index < -0.39 is 0 Å². The smallest absolute Gasteiger partial charge is 0.151 e. The number of hydrogen-bond donors (Lipinski definition) is 1. The van der Waals surface area contributed by atoms with E-state index in [2.05, 4.69) is 22.0 Å². The predicted molar refractivity (Wildman–Crippen MR) is 90.2 cm³/mol. The van der Waals surface area contributed by atoms with E-state index in [-0.39, 0.29) is 12.4 Å². The topological polar surface area (TPSA) is 36.4 Å². The maximum absolute atomic E-state index is 14.4. The number of hydrogen-bond acceptors (Lipinski definition) is 3. The highest BCUT2D eigenvalue weighted by Gasteiger charge is 2.23. The summed E-state index contributed by atoms with van der Waals surface area (Å²) in [7, 11) is 0. The molecule has 4 heteroatoms. The summed E-state index contributed by atoms with van der Waals surface area (Å²) in [6.45, 7) is 5.46. The van der Waals surface area contributed by atoms with E-state index in [0.717, 1.165) is 37.3 Å². The molecular formula is C19H23FN2O. The molecule has 23 heavy (non-hydrogen) atoms. The molecule has 0 atom stereocenters. The van der Waals surface area contributed by atoms with Crippen LogP contribution in [0.4, 0.5) is 10.1 Å². The van der Waals surface area contributed by atoms with Crippen molar-refractivity contribution < 1.29 is 9.50 Å². The first-order chi connectivity index (χ1) is 11.1. The maximum Gasteiger partial charge on any atom is 0.151 e. The molecule has 1 fully saturated rings. The van der Waals surface area contributed by atoms with E-state index in [9.17, 15) is 9.50 Å². The zero-order valence-electron chi connectivity index (χ0n) is 13.7. The molecule has 1 aliphatic heterocycles. The summed E-state index contributed by atoms with van der Waals surface area (Å²) in [6.07, 6.45) is 2.01. The van der Waals surface area contributed by atoms with Gasteiger partial charge in [-0.05, 0) is 56.4 Å². The lowest BCUT2D eigenvalue weighted by Gasteiger charge is -2.34. The molecule has 3 nitrogen and oxygen atoms in total. The van der Waals surface area contributed by atoms with E-state index in [1.54, 1.807) is 12.1 Å². The Bertz CT molecular complexity index is 674. The summed E-state index contributed by atoms with van der Waals surface area (Å²) in [4.78, 5) is 6.53. The van der Waals surface area contributed by atoms with Crippen LogP contribution < -0.4 is 4.90 Å². The molecule has 1 aliphatic rings. The first-order valence-corrected chi connectivity index (χ1v) is 8.17. The number of anilines is 1. The number of aliphatic hydroxyl groups excluding tert-OH is 1. The fourth-order valence-electron chi connectivity index (χ4n) is 3.49. The quantitative estimate of drug-likeness (QED) is 0.938. The van der Waals surface area contributed by atoms with Crippen molar-refractivity contribution in [3.63, 3.8) is 0 Å². The highest BCUT2D eigenvalue weighted by atomic mass is 19.1. The summed E-state index contributed by atoms with van der Waals surface area (Å²) >= 11 is 0. The Morgan fingerprint density at radius 3 is 2.43 bits per heavy atom. The van der Waals surface area contributed by atoms with Crippen LogP contribution >= 0.6 is 0 Å². The Morgan fingerprint density at radius 2 is 1.83 bits per heavy atom. The Balaban J connectivity index is 1.73. The highest BCUT2D eigenvalue weighted by Crippen LogP contribution is 2.32. The van der Waals surface area contributed by atoms with Crippen molar-refractivity contribution in [3.05, 3.63) is 58.7 Å². The molecule has 1 saturated heterocycles. The van der Waals surface area contributed by atoms with Gasteiger partial charge in [0, 0.05) is 30.0 Å². The second-order valence-electron chi connectivity index (χ2n) is 6.35. The van der Waals surface area contributed by atoms with Gasteiger partial charge in [0.1, 0.15) is 0 Å². The van der Waals surface area contributed by atoms with Crippen LogP contribution in [-0.4, -0.2) is 23.2 Å². The van der Waals surface area contributed by atoms with Gasteiger partial charge in [-0.2, -0.15) is 0 Å². The van der Waals surface area contributed by atoms with E-state index >= 15 is 0 Å². The van der Waals surface area contributed by atoms with Crippen molar-refractivity contribution in [2.45, 2.75) is 39.2 Å². The lowest BCUT2D eigenvalue weighted by molar-refractivity contribution is 0.275. The number of benzene rings is 1. The van der Waals surface area contributed by atoms with Gasteiger partial charge in [0.2, 0.25) is 0 Å². The van der Waals surface area contributed by atoms with Gasteiger partial charge >= 0.3 is 0 Å². The van der Waals surface area contributed by atoms with Crippen LogP contribution in [0, 0.1) is 19.7 Å². The van der Waals surface area contributed by atoms with Gasteiger partial charge in [0.05, 0.1) is 12.3 Å². The van der Waals surface area contributed by atoms with Gasteiger partial charge in [0.15, 0.2) is 5.82 Å². The summed E-state index contributed by atoms with van der Waals surface area (Å²) < 4.78 is 14.4. The lowest BCUT2D eigenvalue weighted by atomic mass is 9.89. The fourth-order valence-corrected chi connectivity index (χ4v) is 3.49. The second-order valence-corrected chi connectivity index (χ2v) is 6.35. The van der Waals surface area contributed by atoms with Crippen LogP contribution in [0.3, 0.4) is 0 Å². The minimum atomic E-state index is -0.288. The van der Waals surface area contributed by atoms with Crippen molar-refractivity contribution in [2.24, 2.45) is 0 Å². The number of aromatic nitrogens is 1. The SMILES string of the molecule is Cc1cc(C2CCN(c3cccc(CO)c3F)CC2)cc(C)n1. The average molecular weight is 314 g/mol. The standard InChI is InChI=1S/C19H23FN2O/c1-13-10-17(11-14(2)21-13)15-6-8-22(9-7-15)18-5-3-4-16(12-23)19(18)20/h3-5,10-11,15,23H,6-9,12H2,1-2H3. The predicted octanol–water partition coefficient (Wildman–Crippen LogP) is 3.71. The minimum Gasteiger partial charge on any atom is -0.392 e. The van der Waals surface area contributed by atoms with Crippen LogP contribution in [0.5, 0.6) is 0 Å². The van der Waals surface area contributed by atoms with Crippen molar-refractivity contribution in [3.8, 4) is 0 Å². The Morgan fingerprint density at radius 1 is 1.17 bits per heavy atom. The third-order valence-corrected chi connectivity index (χ3v) is 4.64. The van der Waals surface area contributed by atoms with Gasteiger partial charge in [-0.25, -0.2) is 4.39 Å². The van der Waals surface area contributed by atoms with Crippen molar-refractivity contribution in [1.29, 1.82) is 0 Å². The largest absolute Gasteiger partial charge is 0.392 e. The zero-order valence-corrected chi connectivity index (χ0v) is 13.7. The Hall–Kier alpha value is -1.94. The molecule has 1 N–H and O–H groups in total. The van der Waals surface area contributed by atoms with Crippen molar-refractivity contribution >= 4 is 5.69 Å². The molecular weight excluding hydrogens is 291 g/mol. The van der Waals surface area contributed by atoms with Crippen LogP contribution in [0.1, 0.15) is 41.3 Å². The van der Waals surface area contributed by atoms with Gasteiger partial charge < -0.3 is 10.0 Å². The number of aliphatic hydroxyl groups is 1. The molecule has 0 radical (unpaired) electrons. The van der Waals surface area contributed by atoms with Crippen LogP contribution in [-0.2, 0) is 6.61 Å². The van der Waals surface area contributed by atoms with Crippen molar-refractivity contribution in [2.75, 3.05) is 18.0 Å². The minimum absolute atomic E-state index is 0.258. The van der Waals surface area contributed by atoms with Gasteiger partial charge in [-0.3, -0.25) is 4.98 Å². The first kappa shape index (κ1) is 15.9. The molecule has 0 unspecified atom stereocenters. The molecule has 0 aliphatic carbocycles. The van der Waals surface area contributed by atoms with Gasteiger partial charge in [-0.15, -0.1) is 0 Å². The number of nitrogens with zero attached hydrogens (tertiary/aromatic N) is 2. The monoisotopic (exact) mass is 314 g/mol. The number of aryl methyl sites for hydroxylation is 2. The van der Waals surface area contributed by atoms with E-state index in [0.29, 0.717) is 17.2 Å². The van der Waals surface area contributed by atoms with E-state index in [1.807, 2.05) is 19.9 Å². The molecule has 2 heterocycles. The summed E-state index contributed by atoms with van der Waals surface area (Å²) in [5.41, 5.74) is 4.44. The third-order valence-electron chi connectivity index (χ3n) is 4.64. The van der Waals surface area contributed by atoms with Crippen LogP contribution in [0.15, 0.2) is 30.3 Å². The summed E-state index contributed by atoms with van der Waals surface area (Å²) in [5, 5.41) is 9.22. The molecule has 1 aromatic carbocycles. The molecule has 2 aromatic rings. The Kier molecular flexibility index (Phi) is 4.62. The van der Waals surface area contributed by atoms with E-state index in [4.69, 9.17) is 0 Å². The van der Waals surface area contributed by atoms with Gasteiger partial charge in [-0.1, -0.05) is 12.1 Å². The Labute approximate surface area is 136 Å². The average Bonchev–Trinajstić information content (AvgIpc) is 2.54.